The number of aromatic hydroxyl groups is 1. The van der Waals surface area contributed by atoms with Crippen molar-refractivity contribution >= 4 is 35.2 Å². The van der Waals surface area contributed by atoms with Gasteiger partial charge in [0, 0.05) is 68.8 Å². The van der Waals surface area contributed by atoms with Crippen molar-refractivity contribution < 1.29 is 29.1 Å². The van der Waals surface area contributed by atoms with Crippen LogP contribution >= 0.6 is 0 Å². The standard InChI is InChI=1S/C49H51N5O6/c1-49(19-23-51(24-20-49)35-10-7-31(8-11-35)44-38(30-5-3-2-4-6-30)13-9-32-25-37(55)12-14-39(32)44)48(60)52-21-17-36(18-22-52)53-28-33-26-40-41(27-34(33)29-53)47(59)54(46(40)58)42-15-16-43(56)50-45(42)57/h2-8,10-12,14,25-27,36,38,42,44,55H,9,13,15-24,28-29H2,1H3,(H,50,56,57)/t38-,42-,44+/m1/s1. The molecule has 0 saturated carbocycles. The van der Waals surface area contributed by atoms with Gasteiger partial charge >= 0.3 is 0 Å². The van der Waals surface area contributed by atoms with E-state index in [1.807, 2.05) is 24.3 Å². The number of rotatable bonds is 6. The summed E-state index contributed by atoms with van der Waals surface area (Å²) < 4.78 is 0. The maximum atomic E-state index is 14.1. The smallest absolute Gasteiger partial charge is 0.262 e. The van der Waals surface area contributed by atoms with Crippen molar-refractivity contribution in [3.8, 4) is 5.75 Å². The van der Waals surface area contributed by atoms with Crippen LogP contribution in [0.2, 0.25) is 0 Å². The van der Waals surface area contributed by atoms with Crippen LogP contribution in [0, 0.1) is 5.41 Å². The molecule has 5 aliphatic heterocycles. The predicted octanol–water partition coefficient (Wildman–Crippen LogP) is 6.27. The van der Waals surface area contributed by atoms with Gasteiger partial charge in [0.15, 0.2) is 0 Å². The van der Waals surface area contributed by atoms with Crippen LogP contribution in [0.4, 0.5) is 5.69 Å². The van der Waals surface area contributed by atoms with Crippen LogP contribution in [0.3, 0.4) is 0 Å². The van der Waals surface area contributed by atoms with E-state index in [4.69, 9.17) is 0 Å². The largest absolute Gasteiger partial charge is 0.508 e. The van der Waals surface area contributed by atoms with Crippen molar-refractivity contribution in [3.05, 3.63) is 129 Å². The summed E-state index contributed by atoms with van der Waals surface area (Å²) >= 11 is 0. The zero-order valence-electron chi connectivity index (χ0n) is 34.1. The molecule has 0 aromatic heterocycles. The number of hydrogen-bond donors (Lipinski definition) is 2. The summed E-state index contributed by atoms with van der Waals surface area (Å²) in [4.78, 5) is 73.0. The number of nitrogens with zero attached hydrogens (tertiary/aromatic N) is 4. The van der Waals surface area contributed by atoms with E-state index in [1.54, 1.807) is 0 Å². The van der Waals surface area contributed by atoms with Crippen molar-refractivity contribution in [1.29, 1.82) is 0 Å². The molecule has 0 bridgehead atoms. The molecule has 6 aliphatic rings. The van der Waals surface area contributed by atoms with Gasteiger partial charge in [-0.3, -0.25) is 39.1 Å². The number of likely N-dealkylation sites (tertiary alicyclic amines) is 1. The summed E-state index contributed by atoms with van der Waals surface area (Å²) in [5.41, 5.74) is 8.61. The minimum absolute atomic E-state index is 0.0925. The Morgan fingerprint density at radius 2 is 1.38 bits per heavy atom. The molecule has 0 spiro atoms. The number of anilines is 1. The summed E-state index contributed by atoms with van der Waals surface area (Å²) in [5, 5.41) is 12.5. The van der Waals surface area contributed by atoms with E-state index in [1.165, 1.54) is 27.9 Å². The van der Waals surface area contributed by atoms with Gasteiger partial charge in [0.2, 0.25) is 17.7 Å². The highest BCUT2D eigenvalue weighted by Crippen LogP contribution is 2.47. The molecule has 5 amide bonds. The third-order valence-corrected chi connectivity index (χ3v) is 14.6. The molecular weight excluding hydrogens is 755 g/mol. The molecule has 4 aromatic carbocycles. The number of piperidine rings is 3. The Hall–Kier alpha value is -5.81. The number of phenolic OH excluding ortho intramolecular Hbond substituents is 1. The van der Waals surface area contributed by atoms with Gasteiger partial charge in [0.25, 0.3) is 11.8 Å². The summed E-state index contributed by atoms with van der Waals surface area (Å²) in [6, 6.07) is 28.7. The molecule has 4 aromatic rings. The second-order valence-corrected chi connectivity index (χ2v) is 18.1. The Morgan fingerprint density at radius 1 is 0.717 bits per heavy atom. The number of phenols is 1. The molecule has 11 nitrogen and oxygen atoms in total. The molecule has 3 fully saturated rings. The molecule has 5 heterocycles. The first-order valence-corrected chi connectivity index (χ1v) is 21.7. The zero-order valence-corrected chi connectivity index (χ0v) is 34.1. The second-order valence-electron chi connectivity index (χ2n) is 18.1. The van der Waals surface area contributed by atoms with Crippen molar-refractivity contribution in [2.75, 3.05) is 31.1 Å². The third-order valence-electron chi connectivity index (χ3n) is 14.6. The fourth-order valence-electron chi connectivity index (χ4n) is 11.1. The maximum absolute atomic E-state index is 14.1. The summed E-state index contributed by atoms with van der Waals surface area (Å²) in [6.45, 7) is 6.54. The van der Waals surface area contributed by atoms with Crippen molar-refractivity contribution in [1.82, 2.24) is 20.0 Å². The Bertz CT molecular complexity index is 2350. The van der Waals surface area contributed by atoms with Crippen LogP contribution in [-0.4, -0.2) is 87.6 Å². The number of carbonyl (C=O) groups is 5. The van der Waals surface area contributed by atoms with Gasteiger partial charge in [-0.05, 0) is 121 Å². The lowest BCUT2D eigenvalue weighted by Crippen LogP contribution is -2.54. The lowest BCUT2D eigenvalue weighted by molar-refractivity contribution is -0.144. The average molecular weight is 806 g/mol. The van der Waals surface area contributed by atoms with Gasteiger partial charge in [-0.15, -0.1) is 0 Å². The van der Waals surface area contributed by atoms with E-state index in [0.29, 0.717) is 49.0 Å². The minimum Gasteiger partial charge on any atom is -0.508 e. The molecule has 11 heteroatoms. The quantitative estimate of drug-likeness (QED) is 0.218. The van der Waals surface area contributed by atoms with Crippen LogP contribution in [-0.2, 0) is 33.9 Å². The molecule has 1 aliphatic carbocycles. The number of fused-ring (bicyclic) bond motifs is 3. The molecule has 3 atom stereocenters. The van der Waals surface area contributed by atoms with Gasteiger partial charge < -0.3 is 14.9 Å². The first kappa shape index (κ1) is 38.4. The Morgan fingerprint density at radius 3 is 2.03 bits per heavy atom. The van der Waals surface area contributed by atoms with Crippen LogP contribution in [0.5, 0.6) is 5.75 Å². The number of imide groups is 2. The number of nitrogens with one attached hydrogen (secondary N) is 1. The summed E-state index contributed by atoms with van der Waals surface area (Å²) in [7, 11) is 0. The van der Waals surface area contributed by atoms with Crippen LogP contribution in [0.15, 0.2) is 84.9 Å². The van der Waals surface area contributed by atoms with Gasteiger partial charge in [-0.2, -0.15) is 0 Å². The predicted molar refractivity (Wildman–Crippen MR) is 225 cm³/mol. The number of amides is 5. The molecule has 10 rings (SSSR count). The van der Waals surface area contributed by atoms with Crippen molar-refractivity contribution in [2.24, 2.45) is 5.41 Å². The van der Waals surface area contributed by atoms with Gasteiger partial charge in [-0.1, -0.05) is 55.5 Å². The lowest BCUT2D eigenvalue weighted by atomic mass is 9.69. The van der Waals surface area contributed by atoms with E-state index >= 15 is 0 Å². The Balaban J connectivity index is 0.745. The van der Waals surface area contributed by atoms with Crippen LogP contribution in [0.25, 0.3) is 0 Å². The normalized spacial score (nSPS) is 24.3. The fraction of sp³-hybridized carbons (Fsp3) is 0.408. The van der Waals surface area contributed by atoms with Gasteiger partial charge in [-0.25, -0.2) is 0 Å². The summed E-state index contributed by atoms with van der Waals surface area (Å²) in [6.07, 6.45) is 5.54. The Labute approximate surface area is 350 Å². The number of aryl methyl sites for hydroxylation is 1. The van der Waals surface area contributed by atoms with E-state index < -0.39 is 29.2 Å². The molecular formula is C49H51N5O6. The molecule has 2 N–H and O–H groups in total. The first-order chi connectivity index (χ1) is 29.0. The zero-order chi connectivity index (χ0) is 41.3. The average Bonchev–Trinajstić information content (AvgIpc) is 3.79. The number of carbonyl (C=O) groups excluding carboxylic acids is 5. The molecule has 0 unspecified atom stereocenters. The summed E-state index contributed by atoms with van der Waals surface area (Å²) in [5.74, 6) is -0.810. The van der Waals surface area contributed by atoms with Crippen LogP contribution < -0.4 is 10.2 Å². The highest BCUT2D eigenvalue weighted by Gasteiger charge is 2.46. The minimum atomic E-state index is -0.972. The SMILES string of the molecule is CC1(C(=O)N2CCC(N3Cc4cc5c(cc4C3)C(=O)N([C@@H]3CCC(=O)NC3=O)C5=O)CC2)CCN(c2ccc([C@@H]3c4ccc(O)cc4CC[C@@H]3c3ccccc3)cc2)CC1. The number of benzene rings is 4. The van der Waals surface area contributed by atoms with Crippen molar-refractivity contribution in [3.63, 3.8) is 0 Å². The molecule has 3 saturated heterocycles. The Kier molecular flexibility index (Phi) is 9.62. The van der Waals surface area contributed by atoms with Gasteiger partial charge in [0.05, 0.1) is 11.1 Å². The molecule has 60 heavy (non-hydrogen) atoms. The van der Waals surface area contributed by atoms with E-state index in [0.717, 1.165) is 67.6 Å². The highest BCUT2D eigenvalue weighted by molar-refractivity contribution is 6.23. The monoisotopic (exact) mass is 805 g/mol. The van der Waals surface area contributed by atoms with E-state index in [9.17, 15) is 29.1 Å². The fourth-order valence-corrected chi connectivity index (χ4v) is 11.1. The van der Waals surface area contributed by atoms with Gasteiger partial charge in [0.1, 0.15) is 11.8 Å². The first-order valence-electron chi connectivity index (χ1n) is 21.7. The maximum Gasteiger partial charge on any atom is 0.262 e. The van der Waals surface area contributed by atoms with Crippen LogP contribution in [0.1, 0.15) is 118 Å². The lowest BCUT2D eigenvalue weighted by Gasteiger charge is -2.44. The van der Waals surface area contributed by atoms with Crippen molar-refractivity contribution in [2.45, 2.75) is 95.3 Å². The van der Waals surface area contributed by atoms with E-state index in [2.05, 4.69) is 87.6 Å². The van der Waals surface area contributed by atoms with E-state index in [-0.39, 0.29) is 36.6 Å². The number of hydrogen-bond acceptors (Lipinski definition) is 8. The topological polar surface area (TPSA) is 131 Å². The molecule has 0 radical (unpaired) electrons. The third kappa shape index (κ3) is 6.67. The second kappa shape index (κ2) is 15.0. The molecule has 308 valence electrons. The highest BCUT2D eigenvalue weighted by atomic mass is 16.3.